The molecular formula is C24H19ClF3N5O. The van der Waals surface area contributed by atoms with Crippen molar-refractivity contribution >= 4 is 29.1 Å². The summed E-state index contributed by atoms with van der Waals surface area (Å²) in [6.07, 6.45) is -4.46. The largest absolute Gasteiger partial charge is 0.416 e. The van der Waals surface area contributed by atoms with Gasteiger partial charge in [-0.2, -0.15) is 18.3 Å². The topological polar surface area (TPSA) is 85.0 Å². The van der Waals surface area contributed by atoms with Crippen molar-refractivity contribution in [1.29, 1.82) is 0 Å². The number of carbonyl (C=O) groups is 1. The lowest BCUT2D eigenvalue weighted by Crippen LogP contribution is -2.28. The Labute approximate surface area is 198 Å². The standard InChI is InChI=1S/C24H19ClF3N5O/c25-18-9-11-19(12-10-18)33-22(29)21(20(32-33)16-6-2-1-3-7-16)31-23(34)30-14-15-5-4-8-17(13-15)24(26,27)28/h1-13H,14,29H2,(H2,30,31,34). The van der Waals surface area contributed by atoms with E-state index in [1.54, 1.807) is 24.3 Å². The molecule has 0 aliphatic rings. The van der Waals surface area contributed by atoms with Gasteiger partial charge in [0, 0.05) is 17.1 Å². The lowest BCUT2D eigenvalue weighted by atomic mass is 10.1. The molecular weight excluding hydrogens is 467 g/mol. The summed E-state index contributed by atoms with van der Waals surface area (Å²) in [5.41, 5.74) is 7.91. The minimum atomic E-state index is -4.46. The first-order valence-electron chi connectivity index (χ1n) is 10.1. The molecule has 6 nitrogen and oxygen atoms in total. The Kier molecular flexibility index (Phi) is 6.47. The molecule has 3 aromatic carbocycles. The van der Waals surface area contributed by atoms with E-state index >= 15 is 0 Å². The third-order valence-electron chi connectivity index (χ3n) is 4.99. The molecule has 1 heterocycles. The second kappa shape index (κ2) is 9.48. The van der Waals surface area contributed by atoms with Gasteiger partial charge < -0.3 is 16.4 Å². The monoisotopic (exact) mass is 485 g/mol. The summed E-state index contributed by atoms with van der Waals surface area (Å²) in [5, 5.41) is 10.4. The Hall–Kier alpha value is -3.98. The average Bonchev–Trinajstić information content (AvgIpc) is 3.14. The van der Waals surface area contributed by atoms with Gasteiger partial charge in [-0.15, -0.1) is 0 Å². The number of halogens is 4. The van der Waals surface area contributed by atoms with E-state index in [1.165, 1.54) is 16.8 Å². The fourth-order valence-corrected chi connectivity index (χ4v) is 3.46. The third kappa shape index (κ3) is 5.15. The Morgan fingerprint density at radius 1 is 1.00 bits per heavy atom. The van der Waals surface area contributed by atoms with Crippen molar-refractivity contribution in [1.82, 2.24) is 15.1 Å². The molecule has 0 aliphatic heterocycles. The van der Waals surface area contributed by atoms with Gasteiger partial charge in [0.1, 0.15) is 11.4 Å². The number of alkyl halides is 3. The number of amides is 2. The summed E-state index contributed by atoms with van der Waals surface area (Å²) in [6.45, 7) is -0.109. The number of nitrogens with zero attached hydrogens (tertiary/aromatic N) is 2. The number of rotatable bonds is 5. The van der Waals surface area contributed by atoms with E-state index in [0.717, 1.165) is 17.7 Å². The third-order valence-corrected chi connectivity index (χ3v) is 5.24. The highest BCUT2D eigenvalue weighted by Gasteiger charge is 2.30. The second-order valence-corrected chi connectivity index (χ2v) is 7.81. The number of anilines is 2. The maximum absolute atomic E-state index is 12.9. The molecule has 0 aliphatic carbocycles. The fraction of sp³-hybridized carbons (Fsp3) is 0.0833. The molecule has 1 aromatic heterocycles. The summed E-state index contributed by atoms with van der Waals surface area (Å²) >= 11 is 5.97. The highest BCUT2D eigenvalue weighted by atomic mass is 35.5. The molecule has 0 unspecified atom stereocenters. The van der Waals surface area contributed by atoms with Gasteiger partial charge in [-0.1, -0.05) is 54.1 Å². The van der Waals surface area contributed by atoms with Crippen LogP contribution in [0.3, 0.4) is 0 Å². The molecule has 2 amide bonds. The van der Waals surface area contributed by atoms with E-state index < -0.39 is 17.8 Å². The maximum Gasteiger partial charge on any atom is 0.416 e. The van der Waals surface area contributed by atoms with Crippen LogP contribution in [0.15, 0.2) is 78.9 Å². The van der Waals surface area contributed by atoms with Crippen LogP contribution in [0.25, 0.3) is 16.9 Å². The Morgan fingerprint density at radius 2 is 1.71 bits per heavy atom. The lowest BCUT2D eigenvalue weighted by Gasteiger charge is -2.11. The van der Waals surface area contributed by atoms with Crippen molar-refractivity contribution in [2.75, 3.05) is 11.1 Å². The van der Waals surface area contributed by atoms with E-state index in [0.29, 0.717) is 22.0 Å². The zero-order chi connectivity index (χ0) is 24.3. The second-order valence-electron chi connectivity index (χ2n) is 7.37. The normalized spacial score (nSPS) is 11.3. The summed E-state index contributed by atoms with van der Waals surface area (Å²) in [4.78, 5) is 12.6. The van der Waals surface area contributed by atoms with Crippen molar-refractivity contribution in [3.05, 3.63) is 95.0 Å². The minimum absolute atomic E-state index is 0.109. The Morgan fingerprint density at radius 3 is 2.38 bits per heavy atom. The van der Waals surface area contributed by atoms with Crippen molar-refractivity contribution in [2.45, 2.75) is 12.7 Å². The molecule has 4 rings (SSSR count). The van der Waals surface area contributed by atoms with Crippen LogP contribution in [0.1, 0.15) is 11.1 Å². The molecule has 4 N–H and O–H groups in total. The van der Waals surface area contributed by atoms with E-state index in [2.05, 4.69) is 15.7 Å². The number of nitrogens with two attached hydrogens (primary N) is 1. The molecule has 0 spiro atoms. The fourth-order valence-electron chi connectivity index (χ4n) is 3.33. The number of aromatic nitrogens is 2. The van der Waals surface area contributed by atoms with Crippen LogP contribution < -0.4 is 16.4 Å². The number of nitrogen functional groups attached to an aromatic ring is 1. The van der Waals surface area contributed by atoms with Crippen LogP contribution in [0.5, 0.6) is 0 Å². The predicted molar refractivity (Wildman–Crippen MR) is 126 cm³/mol. The Bertz CT molecular complexity index is 1300. The van der Waals surface area contributed by atoms with Gasteiger partial charge >= 0.3 is 12.2 Å². The Balaban J connectivity index is 1.59. The maximum atomic E-state index is 12.9. The van der Waals surface area contributed by atoms with Crippen LogP contribution >= 0.6 is 11.6 Å². The van der Waals surface area contributed by atoms with Crippen LogP contribution in [0.4, 0.5) is 29.5 Å². The quantitative estimate of drug-likeness (QED) is 0.318. The van der Waals surface area contributed by atoms with Gasteiger partial charge in [-0.25, -0.2) is 9.48 Å². The highest BCUT2D eigenvalue weighted by Crippen LogP contribution is 2.34. The molecule has 10 heteroatoms. The van der Waals surface area contributed by atoms with E-state index in [1.807, 2.05) is 30.3 Å². The molecule has 0 fully saturated rings. The minimum Gasteiger partial charge on any atom is -0.382 e. The highest BCUT2D eigenvalue weighted by molar-refractivity contribution is 6.30. The molecule has 0 saturated carbocycles. The number of hydrogen-bond donors (Lipinski definition) is 3. The van der Waals surface area contributed by atoms with Gasteiger partial charge in [0.15, 0.2) is 5.82 Å². The smallest absolute Gasteiger partial charge is 0.382 e. The predicted octanol–water partition coefficient (Wildman–Crippen LogP) is 6.12. The van der Waals surface area contributed by atoms with Crippen molar-refractivity contribution in [3.8, 4) is 16.9 Å². The first-order valence-corrected chi connectivity index (χ1v) is 10.5. The molecule has 0 radical (unpaired) electrons. The van der Waals surface area contributed by atoms with Crippen LogP contribution in [0, 0.1) is 0 Å². The lowest BCUT2D eigenvalue weighted by molar-refractivity contribution is -0.137. The molecule has 0 bridgehead atoms. The number of carbonyl (C=O) groups excluding carboxylic acids is 1. The van der Waals surface area contributed by atoms with Crippen LogP contribution in [-0.4, -0.2) is 15.8 Å². The number of urea groups is 1. The number of nitrogens with one attached hydrogen (secondary N) is 2. The summed E-state index contributed by atoms with van der Waals surface area (Å²) < 4.78 is 40.3. The van der Waals surface area contributed by atoms with Crippen LogP contribution in [-0.2, 0) is 12.7 Å². The molecule has 0 saturated heterocycles. The van der Waals surface area contributed by atoms with E-state index in [-0.39, 0.29) is 18.1 Å². The van der Waals surface area contributed by atoms with Gasteiger partial charge in [0.2, 0.25) is 0 Å². The first kappa shape index (κ1) is 23.2. The first-order chi connectivity index (χ1) is 16.2. The van der Waals surface area contributed by atoms with Crippen molar-refractivity contribution in [3.63, 3.8) is 0 Å². The summed E-state index contributed by atoms with van der Waals surface area (Å²) in [7, 11) is 0. The zero-order valence-electron chi connectivity index (χ0n) is 17.6. The average molecular weight is 486 g/mol. The summed E-state index contributed by atoms with van der Waals surface area (Å²) in [6, 6.07) is 20.1. The van der Waals surface area contributed by atoms with Gasteiger partial charge in [0.05, 0.1) is 11.3 Å². The molecule has 4 aromatic rings. The van der Waals surface area contributed by atoms with Gasteiger partial charge in [-0.05, 0) is 42.0 Å². The summed E-state index contributed by atoms with van der Waals surface area (Å²) in [5.74, 6) is 0.176. The van der Waals surface area contributed by atoms with Gasteiger partial charge in [-0.3, -0.25) is 0 Å². The number of benzene rings is 3. The molecule has 0 atom stereocenters. The zero-order valence-corrected chi connectivity index (χ0v) is 18.4. The number of hydrogen-bond acceptors (Lipinski definition) is 3. The van der Waals surface area contributed by atoms with Crippen molar-refractivity contribution < 1.29 is 18.0 Å². The molecule has 174 valence electrons. The van der Waals surface area contributed by atoms with Gasteiger partial charge in [0.25, 0.3) is 0 Å². The van der Waals surface area contributed by atoms with Crippen molar-refractivity contribution in [2.24, 2.45) is 0 Å². The molecule has 34 heavy (non-hydrogen) atoms. The van der Waals surface area contributed by atoms with Crippen LogP contribution in [0.2, 0.25) is 5.02 Å². The SMILES string of the molecule is Nc1c(NC(=O)NCc2cccc(C(F)(F)F)c2)c(-c2ccccc2)nn1-c1ccc(Cl)cc1. The van der Waals surface area contributed by atoms with E-state index in [4.69, 9.17) is 17.3 Å². The van der Waals surface area contributed by atoms with E-state index in [9.17, 15) is 18.0 Å².